The van der Waals surface area contributed by atoms with Gasteiger partial charge in [0.1, 0.15) is 23.4 Å². The molecule has 36 heavy (non-hydrogen) atoms. The minimum atomic E-state index is -0.723. The van der Waals surface area contributed by atoms with Crippen LogP contribution in [0.3, 0.4) is 0 Å². The molecule has 2 aliphatic heterocycles. The summed E-state index contributed by atoms with van der Waals surface area (Å²) in [4.78, 5) is 27.9. The average molecular weight is 494 g/mol. The zero-order valence-electron chi connectivity index (χ0n) is 21.5. The first-order chi connectivity index (χ1) is 17.3. The van der Waals surface area contributed by atoms with E-state index >= 15 is 0 Å². The number of hydrogen-bond acceptors (Lipinski definition) is 6. The molecule has 1 saturated heterocycles. The van der Waals surface area contributed by atoms with E-state index in [0.717, 1.165) is 24.2 Å². The van der Waals surface area contributed by atoms with E-state index in [9.17, 15) is 14.7 Å². The second kappa shape index (κ2) is 11.2. The lowest BCUT2D eigenvalue weighted by atomic mass is 9.94. The van der Waals surface area contributed by atoms with Gasteiger partial charge >= 0.3 is 0 Å². The summed E-state index contributed by atoms with van der Waals surface area (Å²) in [6, 6.07) is 12.1. The van der Waals surface area contributed by atoms with Crippen molar-refractivity contribution in [2.75, 3.05) is 26.9 Å². The van der Waals surface area contributed by atoms with Gasteiger partial charge in [-0.2, -0.15) is 0 Å². The van der Waals surface area contributed by atoms with E-state index in [0.29, 0.717) is 49.0 Å². The van der Waals surface area contributed by atoms with Crippen molar-refractivity contribution in [3.8, 4) is 11.5 Å². The Kier molecular flexibility index (Phi) is 7.99. The third kappa shape index (κ3) is 5.41. The minimum Gasteiger partial charge on any atom is -0.507 e. The van der Waals surface area contributed by atoms with Gasteiger partial charge in [0.25, 0.3) is 11.7 Å². The highest BCUT2D eigenvalue weighted by atomic mass is 16.5. The van der Waals surface area contributed by atoms with Gasteiger partial charge in [0.15, 0.2) is 0 Å². The maximum atomic E-state index is 13.3. The number of aliphatic hydroxyl groups is 1. The van der Waals surface area contributed by atoms with Crippen molar-refractivity contribution in [2.45, 2.75) is 52.2 Å². The quantitative estimate of drug-likeness (QED) is 0.219. The highest BCUT2D eigenvalue weighted by Crippen LogP contribution is 2.41. The molecule has 7 nitrogen and oxygen atoms in total. The van der Waals surface area contributed by atoms with E-state index in [-0.39, 0.29) is 17.4 Å². The molecule has 0 aliphatic carbocycles. The molecule has 0 bridgehead atoms. The van der Waals surface area contributed by atoms with E-state index in [1.165, 1.54) is 4.90 Å². The molecular weight excluding hydrogens is 458 g/mol. The maximum absolute atomic E-state index is 13.3. The van der Waals surface area contributed by atoms with Crippen LogP contribution in [0.5, 0.6) is 11.5 Å². The Balaban J connectivity index is 1.74. The number of aliphatic hydroxyl groups excluding tert-OH is 1. The third-order valence-corrected chi connectivity index (χ3v) is 6.59. The summed E-state index contributed by atoms with van der Waals surface area (Å²) in [6.45, 7) is 7.62. The molecule has 7 heteroatoms. The molecule has 1 fully saturated rings. The topological polar surface area (TPSA) is 85.3 Å². The lowest BCUT2D eigenvalue weighted by Gasteiger charge is -2.25. The van der Waals surface area contributed by atoms with Crippen LogP contribution in [0.2, 0.25) is 0 Å². The van der Waals surface area contributed by atoms with Gasteiger partial charge in [-0.15, -0.1) is 0 Å². The van der Waals surface area contributed by atoms with Gasteiger partial charge in [-0.25, -0.2) is 0 Å². The molecule has 192 valence electrons. The molecular formula is C29H35NO6. The molecule has 1 amide bonds. The number of ether oxygens (including phenoxy) is 3. The van der Waals surface area contributed by atoms with Crippen LogP contribution in [0.4, 0.5) is 0 Å². The Morgan fingerprint density at radius 2 is 1.97 bits per heavy atom. The minimum absolute atomic E-state index is 0.0576. The Morgan fingerprint density at radius 1 is 1.17 bits per heavy atom. The summed E-state index contributed by atoms with van der Waals surface area (Å²) in [7, 11) is 1.60. The Bertz CT molecular complexity index is 1150. The van der Waals surface area contributed by atoms with Crippen molar-refractivity contribution in [1.29, 1.82) is 0 Å². The standard InChI is InChI=1S/C29H35NO6/c1-18(2)11-14-35-23-8-5-7-20(17-23)26-25(28(32)29(33)30(26)12-6-13-34-4)27(31)21-9-10-24-22(16-21)15-19(3)36-24/h5,7-10,16-19,26,31H,6,11-15H2,1-4H3/b27-25+/t19-,26-/m0/s1. The maximum Gasteiger partial charge on any atom is 0.295 e. The molecule has 2 aromatic carbocycles. The first kappa shape index (κ1) is 25.8. The second-order valence-corrected chi connectivity index (χ2v) is 9.90. The van der Waals surface area contributed by atoms with Crippen molar-refractivity contribution < 1.29 is 28.9 Å². The van der Waals surface area contributed by atoms with Gasteiger partial charge in [-0.3, -0.25) is 9.59 Å². The second-order valence-electron chi connectivity index (χ2n) is 9.90. The average Bonchev–Trinajstić information content (AvgIpc) is 3.34. The van der Waals surface area contributed by atoms with Gasteiger partial charge in [0.2, 0.25) is 0 Å². The number of rotatable bonds is 10. The number of carbonyl (C=O) groups excluding carboxylic acids is 2. The molecule has 0 unspecified atom stereocenters. The molecule has 2 atom stereocenters. The van der Waals surface area contributed by atoms with Gasteiger partial charge in [0.05, 0.1) is 18.2 Å². The van der Waals surface area contributed by atoms with Crippen LogP contribution in [0, 0.1) is 5.92 Å². The fourth-order valence-electron chi connectivity index (χ4n) is 4.75. The first-order valence-corrected chi connectivity index (χ1v) is 12.6. The fourth-order valence-corrected chi connectivity index (χ4v) is 4.75. The summed E-state index contributed by atoms with van der Waals surface area (Å²) in [5.74, 6) is 0.469. The molecule has 2 aliphatic rings. The van der Waals surface area contributed by atoms with Crippen LogP contribution >= 0.6 is 0 Å². The number of amides is 1. The number of methoxy groups -OCH3 is 1. The SMILES string of the molecule is COCCCN1C(=O)C(=O)/C(=C(/O)c2ccc3c(c2)C[C@H](C)O3)[C@@H]1c1cccc(OCCC(C)C)c1. The number of likely N-dealkylation sites (tertiary alicyclic amines) is 1. The van der Waals surface area contributed by atoms with E-state index in [2.05, 4.69) is 13.8 Å². The van der Waals surface area contributed by atoms with Crippen LogP contribution in [0.1, 0.15) is 56.3 Å². The smallest absolute Gasteiger partial charge is 0.295 e. The zero-order chi connectivity index (χ0) is 25.8. The van der Waals surface area contributed by atoms with Crippen molar-refractivity contribution in [2.24, 2.45) is 5.92 Å². The van der Waals surface area contributed by atoms with Crippen molar-refractivity contribution in [3.05, 3.63) is 64.7 Å². The number of carbonyl (C=O) groups is 2. The lowest BCUT2D eigenvalue weighted by molar-refractivity contribution is -0.140. The van der Waals surface area contributed by atoms with E-state index < -0.39 is 17.7 Å². The molecule has 1 N–H and O–H groups in total. The largest absolute Gasteiger partial charge is 0.507 e. The molecule has 4 rings (SSSR count). The number of fused-ring (bicyclic) bond motifs is 1. The Morgan fingerprint density at radius 3 is 2.72 bits per heavy atom. The molecule has 0 aromatic heterocycles. The normalized spacial score (nSPS) is 20.6. The number of ketones is 1. The van der Waals surface area contributed by atoms with Crippen LogP contribution in [0.15, 0.2) is 48.0 Å². The fraction of sp³-hybridized carbons (Fsp3) is 0.448. The lowest BCUT2D eigenvalue weighted by Crippen LogP contribution is -2.31. The molecule has 2 aromatic rings. The first-order valence-electron chi connectivity index (χ1n) is 12.6. The van der Waals surface area contributed by atoms with Crippen molar-refractivity contribution >= 4 is 17.4 Å². The van der Waals surface area contributed by atoms with Gasteiger partial charge in [-0.1, -0.05) is 26.0 Å². The van der Waals surface area contributed by atoms with Gasteiger partial charge in [-0.05, 0) is 67.1 Å². The Labute approximate surface area is 212 Å². The van der Waals surface area contributed by atoms with E-state index in [4.69, 9.17) is 14.2 Å². The van der Waals surface area contributed by atoms with E-state index in [1.54, 1.807) is 19.2 Å². The summed E-state index contributed by atoms with van der Waals surface area (Å²) in [6.07, 6.45) is 2.27. The summed E-state index contributed by atoms with van der Waals surface area (Å²) >= 11 is 0. The molecule has 0 spiro atoms. The van der Waals surface area contributed by atoms with Crippen molar-refractivity contribution in [1.82, 2.24) is 4.90 Å². The summed E-state index contributed by atoms with van der Waals surface area (Å²) in [5.41, 5.74) is 2.27. The third-order valence-electron chi connectivity index (χ3n) is 6.59. The molecule has 2 heterocycles. The highest BCUT2D eigenvalue weighted by molar-refractivity contribution is 6.46. The van der Waals surface area contributed by atoms with E-state index in [1.807, 2.05) is 37.3 Å². The Hall–Kier alpha value is -3.32. The number of benzene rings is 2. The number of hydrogen-bond donors (Lipinski definition) is 1. The molecule has 0 saturated carbocycles. The van der Waals surface area contributed by atoms with Crippen molar-refractivity contribution in [3.63, 3.8) is 0 Å². The highest BCUT2D eigenvalue weighted by Gasteiger charge is 2.46. The van der Waals surface area contributed by atoms with Crippen LogP contribution in [0.25, 0.3) is 5.76 Å². The molecule has 0 radical (unpaired) electrons. The zero-order valence-corrected chi connectivity index (χ0v) is 21.5. The van der Waals surface area contributed by atoms with Crippen LogP contribution in [-0.4, -0.2) is 54.7 Å². The van der Waals surface area contributed by atoms with Crippen LogP contribution in [-0.2, 0) is 20.7 Å². The summed E-state index contributed by atoms with van der Waals surface area (Å²) < 4.78 is 16.9. The predicted molar refractivity (Wildman–Crippen MR) is 137 cm³/mol. The van der Waals surface area contributed by atoms with Crippen LogP contribution < -0.4 is 9.47 Å². The predicted octanol–water partition coefficient (Wildman–Crippen LogP) is 4.89. The monoisotopic (exact) mass is 493 g/mol. The summed E-state index contributed by atoms with van der Waals surface area (Å²) in [5, 5.41) is 11.4. The van der Waals surface area contributed by atoms with Gasteiger partial charge in [0, 0.05) is 32.2 Å². The number of Topliss-reactive ketones (excluding diaryl/α,β-unsaturated/α-hetero) is 1. The van der Waals surface area contributed by atoms with Gasteiger partial charge < -0.3 is 24.2 Å². The number of nitrogens with zero attached hydrogens (tertiary/aromatic N) is 1.